The maximum atomic E-state index is 13.1. The van der Waals surface area contributed by atoms with E-state index in [1.165, 1.54) is 0 Å². The minimum absolute atomic E-state index is 0.196. The second-order valence-electron chi connectivity index (χ2n) is 9.63. The number of hydrogen-bond donors (Lipinski definition) is 2. The van der Waals surface area contributed by atoms with Gasteiger partial charge in [0.25, 0.3) is 0 Å². The molecule has 6 atom stereocenters. The van der Waals surface area contributed by atoms with E-state index in [0.717, 1.165) is 44.7 Å². The van der Waals surface area contributed by atoms with Crippen LogP contribution in [0.3, 0.4) is 0 Å². The summed E-state index contributed by atoms with van der Waals surface area (Å²) in [6.07, 6.45) is -0.397. The molecule has 5 unspecified atom stereocenters. The Labute approximate surface area is 224 Å². The fourth-order valence-corrected chi connectivity index (χ4v) is 5.65. The summed E-state index contributed by atoms with van der Waals surface area (Å²) < 4.78 is 11.1. The van der Waals surface area contributed by atoms with E-state index < -0.39 is 46.8 Å². The molecule has 0 radical (unpaired) electrons. The molecule has 2 fully saturated rings. The van der Waals surface area contributed by atoms with Crippen molar-refractivity contribution >= 4 is 35.1 Å². The molecule has 0 bridgehead atoms. The molecule has 3 rings (SSSR count). The molecule has 2 N–H and O–H groups in total. The van der Waals surface area contributed by atoms with Crippen LogP contribution in [0.15, 0.2) is 30.3 Å². The van der Waals surface area contributed by atoms with Crippen LogP contribution in [-0.2, 0) is 25.5 Å². The van der Waals surface area contributed by atoms with E-state index >= 15 is 0 Å². The van der Waals surface area contributed by atoms with E-state index in [9.17, 15) is 14.7 Å². The van der Waals surface area contributed by atoms with Gasteiger partial charge < -0.3 is 29.7 Å². The van der Waals surface area contributed by atoms with Gasteiger partial charge in [-0.2, -0.15) is 0 Å². The molecule has 0 spiro atoms. The Morgan fingerprint density at radius 2 is 1.86 bits per heavy atom. The Kier molecular flexibility index (Phi) is 11.7. The van der Waals surface area contributed by atoms with Gasteiger partial charge in [-0.3, -0.25) is 4.79 Å². The van der Waals surface area contributed by atoms with Gasteiger partial charge in [-0.05, 0) is 32.4 Å². The average Bonchev–Trinajstić information content (AvgIpc) is 2.87. The van der Waals surface area contributed by atoms with Crippen molar-refractivity contribution in [2.75, 3.05) is 53.0 Å². The summed E-state index contributed by atoms with van der Waals surface area (Å²) in [7, 11) is 2.13. The molecule has 1 saturated carbocycles. The topological polar surface area (TPSA) is 91.3 Å². The van der Waals surface area contributed by atoms with E-state index in [0.29, 0.717) is 6.61 Å². The number of benzene rings is 1. The van der Waals surface area contributed by atoms with Crippen molar-refractivity contribution in [3.8, 4) is 0 Å². The number of nitrogens with one attached hydrogen (secondary N) is 1. The molecule has 36 heavy (non-hydrogen) atoms. The SMILES string of the molecule is CCOC(=O)[C@@H](Cc1ccccc1)NC(=O)C1CC(Cl)C(OCCCN2CCN(C)CC2)C(Cl)C1O. The number of piperazine rings is 1. The van der Waals surface area contributed by atoms with E-state index in [1.807, 2.05) is 30.3 Å². The van der Waals surface area contributed by atoms with E-state index in [-0.39, 0.29) is 19.4 Å². The lowest BCUT2D eigenvalue weighted by Crippen LogP contribution is -2.56. The van der Waals surface area contributed by atoms with Crippen LogP contribution in [0.5, 0.6) is 0 Å². The van der Waals surface area contributed by atoms with Gasteiger partial charge in [-0.1, -0.05) is 30.3 Å². The summed E-state index contributed by atoms with van der Waals surface area (Å²) in [5.41, 5.74) is 0.885. The lowest BCUT2D eigenvalue weighted by atomic mass is 9.83. The average molecular weight is 545 g/mol. The van der Waals surface area contributed by atoms with Crippen LogP contribution < -0.4 is 5.32 Å². The number of alkyl halides is 2. The molecular formula is C26H39Cl2N3O5. The highest BCUT2D eigenvalue weighted by Crippen LogP contribution is 2.34. The van der Waals surface area contributed by atoms with Gasteiger partial charge in [-0.25, -0.2) is 4.79 Å². The minimum Gasteiger partial charge on any atom is -0.464 e. The summed E-state index contributed by atoms with van der Waals surface area (Å²) in [5, 5.41) is 12.2. The van der Waals surface area contributed by atoms with Gasteiger partial charge in [0.2, 0.25) is 5.91 Å². The number of hydrogen-bond acceptors (Lipinski definition) is 7. The number of likely N-dealkylation sites (N-methyl/N-ethyl adjacent to an activating group) is 1. The molecular weight excluding hydrogens is 505 g/mol. The second kappa shape index (κ2) is 14.5. The number of carbonyl (C=O) groups excluding carboxylic acids is 2. The molecule has 8 nitrogen and oxygen atoms in total. The number of aliphatic hydroxyl groups is 1. The maximum absolute atomic E-state index is 13.1. The smallest absolute Gasteiger partial charge is 0.328 e. The Morgan fingerprint density at radius 1 is 1.17 bits per heavy atom. The molecule has 1 amide bonds. The van der Waals surface area contributed by atoms with Crippen LogP contribution in [-0.4, -0.2) is 109 Å². The van der Waals surface area contributed by atoms with Crippen LogP contribution in [0.4, 0.5) is 0 Å². The molecule has 1 aromatic carbocycles. The summed E-state index contributed by atoms with van der Waals surface area (Å²) >= 11 is 13.1. The molecule has 0 aromatic heterocycles. The molecule has 1 aliphatic heterocycles. The van der Waals surface area contributed by atoms with Crippen LogP contribution in [0.2, 0.25) is 0 Å². The molecule has 202 valence electrons. The predicted molar refractivity (Wildman–Crippen MR) is 140 cm³/mol. The standard InChI is InChI=1S/C26H39Cl2N3O5/c1-3-35-26(34)21(16-18-8-5-4-6-9-18)29-25(33)19-17-20(27)24(22(28)23(19)32)36-15-7-10-31-13-11-30(2)12-14-31/h4-6,8-9,19-24,32H,3,7,10-17H2,1-2H3,(H,29,33)/t19?,20?,21-,22?,23?,24?/m1/s1. The number of nitrogens with zero attached hydrogens (tertiary/aromatic N) is 2. The number of carbonyl (C=O) groups is 2. The monoisotopic (exact) mass is 543 g/mol. The first kappa shape index (κ1) is 29.1. The minimum atomic E-state index is -1.15. The number of esters is 1. The Morgan fingerprint density at radius 3 is 2.53 bits per heavy atom. The fourth-order valence-electron chi connectivity index (χ4n) is 4.73. The van der Waals surface area contributed by atoms with Crippen LogP contribution >= 0.6 is 23.2 Å². The molecule has 1 aliphatic carbocycles. The first-order valence-electron chi connectivity index (χ1n) is 12.8. The van der Waals surface area contributed by atoms with Crippen molar-refractivity contribution in [2.24, 2.45) is 5.92 Å². The van der Waals surface area contributed by atoms with E-state index in [2.05, 4.69) is 22.2 Å². The summed E-state index contributed by atoms with van der Waals surface area (Å²) in [6.45, 7) is 7.55. The molecule has 10 heteroatoms. The van der Waals surface area contributed by atoms with Crippen molar-refractivity contribution in [1.29, 1.82) is 0 Å². The van der Waals surface area contributed by atoms with Crippen molar-refractivity contribution < 1.29 is 24.2 Å². The molecule has 1 heterocycles. The molecule has 1 saturated heterocycles. The number of ether oxygens (including phenoxy) is 2. The van der Waals surface area contributed by atoms with Gasteiger partial charge in [0.1, 0.15) is 6.04 Å². The van der Waals surface area contributed by atoms with Gasteiger partial charge >= 0.3 is 5.97 Å². The zero-order chi connectivity index (χ0) is 26.1. The first-order chi connectivity index (χ1) is 17.3. The molecule has 2 aliphatic rings. The molecule has 1 aromatic rings. The highest BCUT2D eigenvalue weighted by atomic mass is 35.5. The zero-order valence-electron chi connectivity index (χ0n) is 21.2. The third kappa shape index (κ3) is 8.30. The lowest BCUT2D eigenvalue weighted by Gasteiger charge is -2.40. The van der Waals surface area contributed by atoms with Crippen LogP contribution in [0, 0.1) is 5.92 Å². The van der Waals surface area contributed by atoms with Crippen molar-refractivity contribution in [3.63, 3.8) is 0 Å². The van der Waals surface area contributed by atoms with Crippen molar-refractivity contribution in [1.82, 2.24) is 15.1 Å². The Balaban J connectivity index is 1.52. The van der Waals surface area contributed by atoms with E-state index in [4.69, 9.17) is 32.7 Å². The van der Waals surface area contributed by atoms with E-state index in [1.54, 1.807) is 6.92 Å². The summed E-state index contributed by atoms with van der Waals surface area (Å²) in [6, 6.07) is 8.49. The third-order valence-corrected chi connectivity index (χ3v) is 7.85. The summed E-state index contributed by atoms with van der Waals surface area (Å²) in [5.74, 6) is -1.85. The summed E-state index contributed by atoms with van der Waals surface area (Å²) in [4.78, 5) is 30.4. The number of amides is 1. The quantitative estimate of drug-likeness (QED) is 0.250. The van der Waals surface area contributed by atoms with Crippen molar-refractivity contribution in [2.45, 2.75) is 55.2 Å². The van der Waals surface area contributed by atoms with Gasteiger partial charge in [-0.15, -0.1) is 23.2 Å². The number of halogens is 2. The van der Waals surface area contributed by atoms with Gasteiger partial charge in [0.15, 0.2) is 0 Å². The Hall–Kier alpha value is -1.42. The fraction of sp³-hybridized carbons (Fsp3) is 0.692. The first-order valence-corrected chi connectivity index (χ1v) is 13.7. The zero-order valence-corrected chi connectivity index (χ0v) is 22.7. The highest BCUT2D eigenvalue weighted by molar-refractivity contribution is 6.25. The lowest BCUT2D eigenvalue weighted by molar-refractivity contribution is -0.149. The maximum Gasteiger partial charge on any atom is 0.328 e. The van der Waals surface area contributed by atoms with Gasteiger partial charge in [0.05, 0.1) is 35.5 Å². The second-order valence-corrected chi connectivity index (χ2v) is 10.7. The Bertz CT molecular complexity index is 825. The van der Waals surface area contributed by atoms with Gasteiger partial charge in [0, 0.05) is 45.8 Å². The third-order valence-electron chi connectivity index (χ3n) is 6.92. The van der Waals surface area contributed by atoms with Crippen LogP contribution in [0.1, 0.15) is 25.3 Å². The number of aliphatic hydroxyl groups excluding tert-OH is 1. The number of rotatable bonds is 11. The highest BCUT2D eigenvalue weighted by Gasteiger charge is 2.46. The van der Waals surface area contributed by atoms with Crippen molar-refractivity contribution in [3.05, 3.63) is 35.9 Å². The predicted octanol–water partition coefficient (Wildman–Crippen LogP) is 1.90. The van der Waals surface area contributed by atoms with Crippen LogP contribution in [0.25, 0.3) is 0 Å². The normalized spacial score (nSPS) is 28.4. The largest absolute Gasteiger partial charge is 0.464 e.